The van der Waals surface area contributed by atoms with Crippen LogP contribution in [-0.4, -0.2) is 22.7 Å². The van der Waals surface area contributed by atoms with Crippen molar-refractivity contribution in [2.45, 2.75) is 25.4 Å². The molecule has 0 aromatic heterocycles. The third-order valence-corrected chi connectivity index (χ3v) is 3.93. The number of hydrogen-bond donors (Lipinski definition) is 0. The summed E-state index contributed by atoms with van der Waals surface area (Å²) >= 11 is 5.18. The normalized spacial score (nSPS) is 31.0. The molecule has 1 fully saturated rings. The van der Waals surface area contributed by atoms with E-state index in [-0.39, 0.29) is 6.17 Å². The van der Waals surface area contributed by atoms with Crippen LogP contribution in [0.4, 0.5) is 0 Å². The third kappa shape index (κ3) is 1.86. The molecule has 0 saturated heterocycles. The van der Waals surface area contributed by atoms with E-state index in [4.69, 9.17) is 12.2 Å². The molecule has 0 N–H and O–H groups in total. The minimum absolute atomic E-state index is 0.178. The number of nitrogens with zero attached hydrogens (tertiary/aromatic N) is 3. The molecule has 0 amide bonds. The number of hydrogen-bond acceptors (Lipinski definition) is 2. The lowest BCUT2D eigenvalue weighted by Gasteiger charge is -2.21. The van der Waals surface area contributed by atoms with E-state index in [1.165, 1.54) is 12.0 Å². The number of thiocarbonyl (C=S) groups is 1. The highest BCUT2D eigenvalue weighted by Gasteiger charge is 2.48. The van der Waals surface area contributed by atoms with Gasteiger partial charge in [0.15, 0.2) is 0 Å². The molecule has 0 bridgehead atoms. The lowest BCUT2D eigenvalue weighted by atomic mass is 10.1. The molecule has 3 unspecified atom stereocenters. The van der Waals surface area contributed by atoms with Crippen LogP contribution >= 0.6 is 12.2 Å². The SMILES string of the molecule is CCN1C(=S)N=NC1C1CC1c1ccccc1. The summed E-state index contributed by atoms with van der Waals surface area (Å²) in [5, 5.41) is 9.01. The van der Waals surface area contributed by atoms with Gasteiger partial charge in [0.1, 0.15) is 6.17 Å². The number of azo groups is 1. The van der Waals surface area contributed by atoms with Crippen molar-refractivity contribution in [3.8, 4) is 0 Å². The average molecular weight is 245 g/mol. The van der Waals surface area contributed by atoms with Crippen molar-refractivity contribution in [2.75, 3.05) is 6.54 Å². The summed E-state index contributed by atoms with van der Waals surface area (Å²) in [5.41, 5.74) is 1.42. The van der Waals surface area contributed by atoms with Crippen LogP contribution in [0, 0.1) is 5.92 Å². The Labute approximate surface area is 107 Å². The maximum atomic E-state index is 5.18. The molecule has 17 heavy (non-hydrogen) atoms. The average Bonchev–Trinajstić information content (AvgIpc) is 3.08. The van der Waals surface area contributed by atoms with Gasteiger partial charge in [-0.05, 0) is 37.0 Å². The zero-order valence-corrected chi connectivity index (χ0v) is 10.6. The van der Waals surface area contributed by atoms with Crippen LogP contribution in [-0.2, 0) is 0 Å². The van der Waals surface area contributed by atoms with Gasteiger partial charge in [0.2, 0.25) is 5.11 Å². The first-order chi connectivity index (χ1) is 8.31. The van der Waals surface area contributed by atoms with E-state index >= 15 is 0 Å². The molecule has 1 saturated carbocycles. The largest absolute Gasteiger partial charge is 0.322 e. The molecule has 1 aliphatic heterocycles. The molecule has 88 valence electrons. The van der Waals surface area contributed by atoms with Crippen molar-refractivity contribution >= 4 is 17.3 Å². The molecule has 1 aliphatic carbocycles. The second-order valence-corrected chi connectivity index (χ2v) is 4.98. The van der Waals surface area contributed by atoms with Crippen LogP contribution in [0.3, 0.4) is 0 Å². The molecule has 1 aromatic rings. The van der Waals surface area contributed by atoms with Crippen molar-refractivity contribution in [3.63, 3.8) is 0 Å². The fourth-order valence-corrected chi connectivity index (χ4v) is 2.89. The predicted octanol–water partition coefficient (Wildman–Crippen LogP) is 3.19. The van der Waals surface area contributed by atoms with E-state index in [1.54, 1.807) is 0 Å². The quantitative estimate of drug-likeness (QED) is 0.765. The Morgan fingerprint density at radius 2 is 2.12 bits per heavy atom. The molecule has 1 aromatic carbocycles. The van der Waals surface area contributed by atoms with Crippen molar-refractivity contribution in [1.29, 1.82) is 0 Å². The first-order valence-electron chi connectivity index (χ1n) is 6.07. The van der Waals surface area contributed by atoms with Crippen molar-refractivity contribution < 1.29 is 0 Å². The Morgan fingerprint density at radius 1 is 1.35 bits per heavy atom. The van der Waals surface area contributed by atoms with E-state index in [0.717, 1.165) is 6.54 Å². The summed E-state index contributed by atoms with van der Waals surface area (Å²) in [5.74, 6) is 1.22. The second kappa shape index (κ2) is 4.18. The third-order valence-electron chi connectivity index (χ3n) is 3.62. The van der Waals surface area contributed by atoms with Crippen molar-refractivity contribution in [2.24, 2.45) is 16.1 Å². The fraction of sp³-hybridized carbons (Fsp3) is 0.462. The standard InChI is InChI=1S/C13H15N3S/c1-2-16-12(14-15-13(16)17)11-8-10(11)9-6-4-3-5-7-9/h3-7,10-12H,2,8H2,1H3. The van der Waals surface area contributed by atoms with Gasteiger partial charge >= 0.3 is 0 Å². The monoisotopic (exact) mass is 245 g/mol. The summed E-state index contributed by atoms with van der Waals surface area (Å²) in [6.45, 7) is 3.00. The highest BCUT2D eigenvalue weighted by Crippen LogP contribution is 2.51. The van der Waals surface area contributed by atoms with E-state index in [9.17, 15) is 0 Å². The van der Waals surface area contributed by atoms with Gasteiger partial charge in [0.05, 0.1) is 0 Å². The topological polar surface area (TPSA) is 28.0 Å². The summed E-state index contributed by atoms with van der Waals surface area (Å²) in [6, 6.07) is 10.7. The van der Waals surface area contributed by atoms with E-state index < -0.39 is 0 Å². The maximum Gasteiger partial charge on any atom is 0.217 e. The molecular formula is C13H15N3S. The highest BCUT2D eigenvalue weighted by molar-refractivity contribution is 7.80. The van der Waals surface area contributed by atoms with Gasteiger partial charge < -0.3 is 4.90 Å². The van der Waals surface area contributed by atoms with Gasteiger partial charge in [0.25, 0.3) is 0 Å². The Morgan fingerprint density at radius 3 is 2.82 bits per heavy atom. The smallest absolute Gasteiger partial charge is 0.217 e. The van der Waals surface area contributed by atoms with Crippen molar-refractivity contribution in [1.82, 2.24) is 4.90 Å². The molecule has 3 atom stereocenters. The van der Waals surface area contributed by atoms with Crippen LogP contribution in [0.5, 0.6) is 0 Å². The van der Waals surface area contributed by atoms with Crippen LogP contribution in [0.15, 0.2) is 40.6 Å². The molecule has 0 spiro atoms. The zero-order valence-electron chi connectivity index (χ0n) is 9.78. The minimum atomic E-state index is 0.178. The van der Waals surface area contributed by atoms with Crippen LogP contribution in [0.1, 0.15) is 24.8 Å². The van der Waals surface area contributed by atoms with E-state index in [0.29, 0.717) is 16.9 Å². The Bertz CT molecular complexity index is 457. The number of rotatable bonds is 3. The summed E-state index contributed by atoms with van der Waals surface area (Å²) < 4.78 is 0. The van der Waals surface area contributed by atoms with Gasteiger partial charge in [-0.15, -0.1) is 5.11 Å². The Balaban J connectivity index is 1.73. The van der Waals surface area contributed by atoms with Crippen LogP contribution < -0.4 is 0 Å². The van der Waals surface area contributed by atoms with Gasteiger partial charge in [-0.2, -0.15) is 5.11 Å². The molecular weight excluding hydrogens is 230 g/mol. The zero-order chi connectivity index (χ0) is 11.8. The molecule has 1 heterocycles. The van der Waals surface area contributed by atoms with Gasteiger partial charge in [0, 0.05) is 12.5 Å². The number of benzene rings is 1. The van der Waals surface area contributed by atoms with Crippen LogP contribution in [0.25, 0.3) is 0 Å². The summed E-state index contributed by atoms with van der Waals surface area (Å²) in [4.78, 5) is 2.13. The first kappa shape index (κ1) is 10.8. The van der Waals surface area contributed by atoms with E-state index in [2.05, 4.69) is 52.4 Å². The highest BCUT2D eigenvalue weighted by atomic mass is 32.1. The summed E-state index contributed by atoms with van der Waals surface area (Å²) in [6.07, 6.45) is 1.38. The fourth-order valence-electron chi connectivity index (χ4n) is 2.61. The predicted molar refractivity (Wildman–Crippen MR) is 70.9 cm³/mol. The first-order valence-corrected chi connectivity index (χ1v) is 6.48. The maximum absolute atomic E-state index is 5.18. The lowest BCUT2D eigenvalue weighted by Crippen LogP contribution is -2.34. The summed E-state index contributed by atoms with van der Waals surface area (Å²) in [7, 11) is 0. The molecule has 3 nitrogen and oxygen atoms in total. The Hall–Kier alpha value is -1.29. The molecule has 3 rings (SSSR count). The van der Waals surface area contributed by atoms with Crippen molar-refractivity contribution in [3.05, 3.63) is 35.9 Å². The molecule has 2 aliphatic rings. The van der Waals surface area contributed by atoms with Gasteiger partial charge in [-0.3, -0.25) is 0 Å². The van der Waals surface area contributed by atoms with Gasteiger partial charge in [-0.25, -0.2) is 0 Å². The van der Waals surface area contributed by atoms with Gasteiger partial charge in [-0.1, -0.05) is 30.3 Å². The molecule has 4 heteroatoms. The molecule has 0 radical (unpaired) electrons. The second-order valence-electron chi connectivity index (χ2n) is 4.61. The van der Waals surface area contributed by atoms with Crippen LogP contribution in [0.2, 0.25) is 0 Å². The van der Waals surface area contributed by atoms with E-state index in [1.807, 2.05) is 0 Å². The minimum Gasteiger partial charge on any atom is -0.322 e. The lowest BCUT2D eigenvalue weighted by molar-refractivity contribution is 0.318. The Kier molecular flexibility index (Phi) is 2.67.